The fraction of sp³-hybridized carbons (Fsp3) is 0.350. The van der Waals surface area contributed by atoms with Crippen LogP contribution in [0.25, 0.3) is 11.2 Å². The first-order valence-corrected chi connectivity index (χ1v) is 16.7. The molecule has 0 radical (unpaired) electrons. The molecule has 2 aliphatic heterocycles. The second-order valence-corrected chi connectivity index (χ2v) is 13.7. The summed E-state index contributed by atoms with van der Waals surface area (Å²) in [6.45, 7) is -1.96. The molecule has 0 aliphatic carbocycles. The van der Waals surface area contributed by atoms with Gasteiger partial charge in [-0.15, -0.1) is 25.3 Å². The lowest BCUT2D eigenvalue weighted by Crippen LogP contribution is -2.33. The topological polar surface area (TPSA) is 358 Å². The molecule has 3 aromatic heterocycles. The molecule has 5 rings (SSSR count). The van der Waals surface area contributed by atoms with Crippen molar-refractivity contribution >= 4 is 75.5 Å². The van der Waals surface area contributed by atoms with Crippen molar-refractivity contribution < 1.29 is 52.3 Å². The molecule has 0 amide bonds. The maximum atomic E-state index is 12.4. The predicted molar refractivity (Wildman–Crippen MR) is 167 cm³/mol. The third-order valence-electron chi connectivity index (χ3n) is 6.43. The van der Waals surface area contributed by atoms with Crippen molar-refractivity contribution in [3.8, 4) is 0 Å². The third kappa shape index (κ3) is 7.57. The van der Waals surface area contributed by atoms with Gasteiger partial charge in [-0.1, -0.05) is 0 Å². The molecule has 5 heterocycles. The summed E-state index contributed by atoms with van der Waals surface area (Å²) in [5.74, 6) is -0.305. The summed E-state index contributed by atoms with van der Waals surface area (Å²) >= 11 is 8.36. The molecule has 1 fully saturated rings. The number of phosphoric ester groups is 2. The van der Waals surface area contributed by atoms with E-state index in [2.05, 4.69) is 74.2 Å². The van der Waals surface area contributed by atoms with Crippen LogP contribution in [-0.2, 0) is 27.2 Å². The van der Waals surface area contributed by atoms with Gasteiger partial charge in [-0.25, -0.2) is 14.1 Å². The number of aliphatic hydroxyl groups is 3. The number of ether oxygens (including phenoxy) is 1. The highest BCUT2D eigenvalue weighted by atomic mass is 32.1. The molecule has 47 heavy (non-hydrogen) atoms. The Morgan fingerprint density at radius 1 is 1.06 bits per heavy atom. The average Bonchev–Trinajstić information content (AvgIpc) is 3.53. The maximum absolute atomic E-state index is 12.4. The van der Waals surface area contributed by atoms with Gasteiger partial charge in [-0.05, 0) is 0 Å². The molecule has 2 aliphatic rings. The normalized spacial score (nSPS) is 24.7. The number of hydrogen-bond acceptors (Lipinski definition) is 20. The van der Waals surface area contributed by atoms with Gasteiger partial charge in [0.2, 0.25) is 11.9 Å². The molecule has 0 saturated carbocycles. The van der Waals surface area contributed by atoms with Crippen LogP contribution in [0.15, 0.2) is 37.6 Å². The minimum Gasteiger partial charge on any atom is -0.387 e. The molecule has 3 aromatic rings. The standard InChI is InChI=1S/C20H26N10O13P2S2/c21-19-26-14-8(16(34)28-19)25-5(1-23-14)12(46)13(47)6(31)2-40-44(36,37)43-45(38,39)41-3-7-10(32)11(33)18(42-7)30-4-24-9-15(30)27-20(22)29-17(9)35/h1,4,6-7,10-11,18,25,31-33,46-47H,2-3H2,(H,36,37)(H,38,39)(H3,22,27,29,35)(H4,21,23,26,28,34)/b13-12+/t6?,7-,10-,11-,18-/m1/s1. The van der Waals surface area contributed by atoms with Crippen molar-refractivity contribution in [2.24, 2.45) is 0 Å². The number of rotatable bonds is 11. The van der Waals surface area contributed by atoms with Crippen molar-refractivity contribution in [2.45, 2.75) is 30.6 Å². The second kappa shape index (κ2) is 13.3. The number of anilines is 4. The Balaban J connectivity index is 1.17. The van der Waals surface area contributed by atoms with Crippen molar-refractivity contribution in [2.75, 3.05) is 35.3 Å². The van der Waals surface area contributed by atoms with E-state index >= 15 is 0 Å². The lowest BCUT2D eigenvalue weighted by molar-refractivity contribution is -0.0504. The van der Waals surface area contributed by atoms with Crippen LogP contribution in [0.5, 0.6) is 0 Å². The zero-order chi connectivity index (χ0) is 34.4. The summed E-state index contributed by atoms with van der Waals surface area (Å²) in [5.41, 5.74) is 9.58. The van der Waals surface area contributed by atoms with Gasteiger partial charge in [0.1, 0.15) is 30.1 Å². The molecular weight excluding hydrogens is 714 g/mol. The number of imidazole rings is 1. The van der Waals surface area contributed by atoms with Gasteiger partial charge in [0, 0.05) is 16.0 Å². The highest BCUT2D eigenvalue weighted by molar-refractivity contribution is 7.88. The van der Waals surface area contributed by atoms with E-state index < -0.39 is 70.6 Å². The second-order valence-electron chi connectivity index (χ2n) is 9.68. The first-order valence-electron chi connectivity index (χ1n) is 12.8. The first kappa shape index (κ1) is 35.0. The molecule has 27 heteroatoms. The summed E-state index contributed by atoms with van der Waals surface area (Å²) in [4.78, 5) is 60.1. The molecule has 0 aromatic carbocycles. The number of phosphoric acid groups is 2. The van der Waals surface area contributed by atoms with Gasteiger partial charge >= 0.3 is 15.6 Å². The van der Waals surface area contributed by atoms with E-state index in [0.717, 1.165) is 10.9 Å². The van der Waals surface area contributed by atoms with Gasteiger partial charge in [0.05, 0.1) is 25.2 Å². The number of fused-ring (bicyclic) bond motifs is 2. The van der Waals surface area contributed by atoms with Crippen LogP contribution in [0.3, 0.4) is 0 Å². The lowest BCUT2D eigenvalue weighted by Gasteiger charge is -2.22. The Morgan fingerprint density at radius 2 is 1.72 bits per heavy atom. The Kier molecular flexibility index (Phi) is 9.92. The van der Waals surface area contributed by atoms with Crippen molar-refractivity contribution in [1.29, 1.82) is 0 Å². The van der Waals surface area contributed by atoms with E-state index in [1.807, 2.05) is 0 Å². The molecule has 23 nitrogen and oxygen atoms in total. The third-order valence-corrected chi connectivity index (χ3v) is 10.2. The minimum absolute atomic E-state index is 0.0309. The fourth-order valence-electron chi connectivity index (χ4n) is 4.26. The Bertz CT molecular complexity index is 1990. The van der Waals surface area contributed by atoms with Crippen molar-refractivity contribution in [3.63, 3.8) is 0 Å². The summed E-state index contributed by atoms with van der Waals surface area (Å²) in [5, 5.41) is 36.8. The van der Waals surface area contributed by atoms with Crippen LogP contribution in [0.4, 0.5) is 23.4 Å². The van der Waals surface area contributed by atoms with E-state index in [4.69, 9.17) is 16.2 Å². The number of nitrogens with one attached hydrogen (secondary N) is 4. The van der Waals surface area contributed by atoms with Crippen LogP contribution in [0.2, 0.25) is 0 Å². The number of nitrogens with zero attached hydrogens (tertiary/aromatic N) is 4. The molecule has 1 saturated heterocycles. The number of nitrogens with two attached hydrogens (primary N) is 2. The van der Waals surface area contributed by atoms with E-state index in [9.17, 15) is 43.8 Å². The molecular formula is C20H26N10O13P2S2. The zero-order valence-electron chi connectivity index (χ0n) is 23.2. The SMILES string of the molecule is Nc1nc2c(c(=O)[nH]1)NC(/C(S)=C(\S)C(O)COP(=O)(O)OP(=O)(O)OC[C@H]1O[C@@H](n3cnc4c(=O)[nH]c(N)nc43)[C@H](O)[C@@H]1O)=CN2. The van der Waals surface area contributed by atoms with Crippen LogP contribution in [0, 0.1) is 0 Å². The lowest BCUT2D eigenvalue weighted by atomic mass is 10.1. The van der Waals surface area contributed by atoms with Crippen LogP contribution >= 0.6 is 40.9 Å². The molecule has 256 valence electrons. The summed E-state index contributed by atoms with van der Waals surface area (Å²) < 4.78 is 45.0. The number of nitrogen functional groups attached to an aromatic ring is 2. The van der Waals surface area contributed by atoms with E-state index in [1.54, 1.807) is 0 Å². The molecule has 3 unspecified atom stereocenters. The smallest absolute Gasteiger partial charge is 0.387 e. The van der Waals surface area contributed by atoms with Gasteiger partial charge in [0.25, 0.3) is 11.1 Å². The van der Waals surface area contributed by atoms with Crippen molar-refractivity contribution in [3.05, 3.63) is 48.7 Å². The van der Waals surface area contributed by atoms with Gasteiger partial charge < -0.3 is 51.9 Å². The highest BCUT2D eigenvalue weighted by Crippen LogP contribution is 2.60. The van der Waals surface area contributed by atoms with Crippen LogP contribution in [-0.4, -0.2) is 92.2 Å². The summed E-state index contributed by atoms with van der Waals surface area (Å²) in [7, 11) is -10.8. The largest absolute Gasteiger partial charge is 0.481 e. The van der Waals surface area contributed by atoms with E-state index in [0.29, 0.717) is 0 Å². The van der Waals surface area contributed by atoms with Crippen LogP contribution in [0.1, 0.15) is 6.23 Å². The van der Waals surface area contributed by atoms with Gasteiger partial charge in [-0.2, -0.15) is 14.3 Å². The number of H-pyrrole nitrogens is 2. The molecule has 13 N–H and O–H groups in total. The maximum Gasteiger partial charge on any atom is 0.481 e. The van der Waals surface area contributed by atoms with Crippen LogP contribution < -0.4 is 33.2 Å². The van der Waals surface area contributed by atoms with Gasteiger partial charge in [-0.3, -0.25) is 33.2 Å². The number of aromatic amines is 2. The number of aliphatic hydroxyl groups excluding tert-OH is 3. The monoisotopic (exact) mass is 740 g/mol. The molecule has 0 spiro atoms. The van der Waals surface area contributed by atoms with E-state index in [1.165, 1.54) is 6.20 Å². The Labute approximate surface area is 271 Å². The predicted octanol–water partition coefficient (Wildman–Crippen LogP) is -1.95. The number of thiol groups is 2. The van der Waals surface area contributed by atoms with E-state index in [-0.39, 0.29) is 50.1 Å². The molecule has 0 bridgehead atoms. The van der Waals surface area contributed by atoms with Crippen molar-refractivity contribution in [1.82, 2.24) is 29.5 Å². The molecule has 7 atom stereocenters. The first-order chi connectivity index (χ1) is 22.0. The fourth-order valence-corrected chi connectivity index (χ4v) is 6.81. The summed E-state index contributed by atoms with van der Waals surface area (Å²) in [6, 6.07) is 0. The number of aromatic nitrogens is 6. The van der Waals surface area contributed by atoms with Gasteiger partial charge in [0.15, 0.2) is 23.2 Å². The summed E-state index contributed by atoms with van der Waals surface area (Å²) in [6.07, 6.45) is -5.68. The average molecular weight is 741 g/mol. The Hall–Kier alpha value is -3.29. The Morgan fingerprint density at radius 3 is 2.45 bits per heavy atom. The quantitative estimate of drug-likeness (QED) is 0.0750. The minimum atomic E-state index is -5.42. The number of hydrogen-bond donors (Lipinski definition) is 13. The highest BCUT2D eigenvalue weighted by Gasteiger charge is 2.46. The zero-order valence-corrected chi connectivity index (χ0v) is 26.8.